The smallest absolute Gasteiger partial charge is 0.138 e. The molecule has 0 bridgehead atoms. The van der Waals surface area contributed by atoms with Crippen molar-refractivity contribution in [1.82, 2.24) is 20.1 Å². The number of hydrogen-bond acceptors (Lipinski definition) is 3. The molecule has 0 saturated carbocycles. The van der Waals surface area contributed by atoms with Gasteiger partial charge in [-0.3, -0.25) is 4.68 Å². The average molecular weight is 258 g/mol. The molecule has 1 N–H and O–H groups in total. The van der Waals surface area contributed by atoms with Crippen LogP contribution in [0.15, 0.2) is 30.6 Å². The quantitative estimate of drug-likeness (QED) is 0.860. The van der Waals surface area contributed by atoms with E-state index in [-0.39, 0.29) is 0 Å². The first-order valence-corrected chi connectivity index (χ1v) is 6.81. The zero-order valence-corrected chi connectivity index (χ0v) is 11.9. The van der Waals surface area contributed by atoms with Crippen LogP contribution in [-0.4, -0.2) is 27.4 Å². The van der Waals surface area contributed by atoms with Gasteiger partial charge < -0.3 is 5.32 Å². The minimum absolute atomic E-state index is 0.398. The van der Waals surface area contributed by atoms with Crippen molar-refractivity contribution in [2.75, 3.05) is 6.54 Å². The van der Waals surface area contributed by atoms with Gasteiger partial charge in [0.2, 0.25) is 0 Å². The van der Waals surface area contributed by atoms with E-state index in [1.54, 1.807) is 6.33 Å². The maximum absolute atomic E-state index is 4.31. The van der Waals surface area contributed by atoms with Gasteiger partial charge in [0.15, 0.2) is 0 Å². The van der Waals surface area contributed by atoms with Gasteiger partial charge in [-0.25, -0.2) is 4.98 Å². The minimum Gasteiger partial charge on any atom is -0.313 e. The van der Waals surface area contributed by atoms with Gasteiger partial charge in [0.25, 0.3) is 0 Å². The largest absolute Gasteiger partial charge is 0.313 e. The Balaban J connectivity index is 2.06. The predicted octanol–water partition coefficient (Wildman–Crippen LogP) is 1.89. The Morgan fingerprint density at radius 1 is 1.32 bits per heavy atom. The Morgan fingerprint density at radius 3 is 2.79 bits per heavy atom. The minimum atomic E-state index is 0.398. The second-order valence-corrected chi connectivity index (χ2v) is 4.95. The van der Waals surface area contributed by atoms with Crippen LogP contribution in [0.25, 0.3) is 0 Å². The Morgan fingerprint density at radius 2 is 2.16 bits per heavy atom. The van der Waals surface area contributed by atoms with E-state index in [9.17, 15) is 0 Å². The molecule has 2 rings (SSSR count). The molecule has 4 heteroatoms. The van der Waals surface area contributed by atoms with Crippen LogP contribution in [0.2, 0.25) is 0 Å². The monoisotopic (exact) mass is 258 g/mol. The highest BCUT2D eigenvalue weighted by Crippen LogP contribution is 2.09. The molecule has 2 aromatic rings. The number of nitrogens with one attached hydrogen (secondary N) is 1. The zero-order chi connectivity index (χ0) is 13.7. The fraction of sp³-hybridized carbons (Fsp3) is 0.467. The van der Waals surface area contributed by atoms with Crippen LogP contribution in [0.3, 0.4) is 0 Å². The normalized spacial score (nSPS) is 12.6. The third-order valence-corrected chi connectivity index (χ3v) is 3.29. The number of aryl methyl sites for hydroxylation is 2. The number of nitrogens with zero attached hydrogens (tertiary/aromatic N) is 3. The molecule has 0 aliphatic rings. The lowest BCUT2D eigenvalue weighted by atomic mass is 10.0. The molecular formula is C15H22N4. The van der Waals surface area contributed by atoms with Crippen molar-refractivity contribution < 1.29 is 0 Å². The number of benzene rings is 1. The van der Waals surface area contributed by atoms with E-state index in [4.69, 9.17) is 0 Å². The van der Waals surface area contributed by atoms with Gasteiger partial charge in [-0.1, -0.05) is 36.8 Å². The maximum atomic E-state index is 4.31. The molecule has 1 aromatic carbocycles. The molecule has 0 fully saturated rings. The molecule has 0 spiro atoms. The standard InChI is InChI=1S/C15H22N4/c1-4-16-14(10-15-17-11-18-19(15)3)9-13-7-5-6-12(2)8-13/h5-8,11,14,16H,4,9-10H2,1-3H3. The molecular weight excluding hydrogens is 236 g/mol. The van der Waals surface area contributed by atoms with E-state index < -0.39 is 0 Å². The van der Waals surface area contributed by atoms with Crippen LogP contribution in [-0.2, 0) is 19.9 Å². The van der Waals surface area contributed by atoms with Crippen LogP contribution in [0.1, 0.15) is 23.9 Å². The highest BCUT2D eigenvalue weighted by molar-refractivity contribution is 5.23. The van der Waals surface area contributed by atoms with E-state index in [1.807, 2.05) is 11.7 Å². The fourth-order valence-electron chi connectivity index (χ4n) is 2.35. The van der Waals surface area contributed by atoms with Crippen LogP contribution in [0.4, 0.5) is 0 Å². The van der Waals surface area contributed by atoms with Crippen molar-refractivity contribution in [3.63, 3.8) is 0 Å². The molecule has 0 saturated heterocycles. The second-order valence-electron chi connectivity index (χ2n) is 4.95. The number of hydrogen-bond donors (Lipinski definition) is 1. The summed E-state index contributed by atoms with van der Waals surface area (Å²) in [4.78, 5) is 4.31. The van der Waals surface area contributed by atoms with Gasteiger partial charge in [-0.15, -0.1) is 0 Å². The van der Waals surface area contributed by atoms with E-state index in [0.29, 0.717) is 6.04 Å². The lowest BCUT2D eigenvalue weighted by Crippen LogP contribution is -2.34. The highest BCUT2D eigenvalue weighted by Gasteiger charge is 2.12. The maximum Gasteiger partial charge on any atom is 0.138 e. The first-order valence-electron chi connectivity index (χ1n) is 6.81. The molecule has 1 heterocycles. The topological polar surface area (TPSA) is 42.7 Å². The number of aromatic nitrogens is 3. The van der Waals surface area contributed by atoms with Crippen LogP contribution >= 0.6 is 0 Å². The molecule has 0 radical (unpaired) electrons. The molecule has 1 unspecified atom stereocenters. The molecule has 0 aliphatic carbocycles. The van der Waals surface area contributed by atoms with Gasteiger partial charge in [0.1, 0.15) is 12.2 Å². The summed E-state index contributed by atoms with van der Waals surface area (Å²) in [6.45, 7) is 5.24. The predicted molar refractivity (Wildman–Crippen MR) is 77.1 cm³/mol. The van der Waals surface area contributed by atoms with Crippen molar-refractivity contribution in [3.8, 4) is 0 Å². The van der Waals surface area contributed by atoms with Crippen molar-refractivity contribution in [2.24, 2.45) is 7.05 Å². The highest BCUT2D eigenvalue weighted by atomic mass is 15.3. The molecule has 1 atom stereocenters. The van der Waals surface area contributed by atoms with E-state index in [2.05, 4.69) is 53.5 Å². The molecule has 0 amide bonds. The van der Waals surface area contributed by atoms with E-state index in [1.165, 1.54) is 11.1 Å². The van der Waals surface area contributed by atoms with Crippen molar-refractivity contribution in [3.05, 3.63) is 47.5 Å². The third-order valence-electron chi connectivity index (χ3n) is 3.29. The van der Waals surface area contributed by atoms with Crippen molar-refractivity contribution >= 4 is 0 Å². The summed E-state index contributed by atoms with van der Waals surface area (Å²) in [5.41, 5.74) is 2.68. The summed E-state index contributed by atoms with van der Waals surface area (Å²) < 4.78 is 1.85. The lowest BCUT2D eigenvalue weighted by molar-refractivity contribution is 0.499. The van der Waals surface area contributed by atoms with Crippen LogP contribution in [0, 0.1) is 6.92 Å². The van der Waals surface area contributed by atoms with Crippen molar-refractivity contribution in [2.45, 2.75) is 32.7 Å². The summed E-state index contributed by atoms with van der Waals surface area (Å²) >= 11 is 0. The first-order chi connectivity index (χ1) is 9.19. The lowest BCUT2D eigenvalue weighted by Gasteiger charge is -2.17. The summed E-state index contributed by atoms with van der Waals surface area (Å²) in [6, 6.07) is 9.09. The summed E-state index contributed by atoms with van der Waals surface area (Å²) in [5, 5.41) is 7.66. The molecule has 102 valence electrons. The van der Waals surface area contributed by atoms with E-state index in [0.717, 1.165) is 25.2 Å². The summed E-state index contributed by atoms with van der Waals surface area (Å²) in [6.07, 6.45) is 3.53. The Hall–Kier alpha value is -1.68. The Bertz CT molecular complexity index is 518. The number of rotatable bonds is 6. The van der Waals surface area contributed by atoms with Crippen LogP contribution in [0.5, 0.6) is 0 Å². The molecule has 4 nitrogen and oxygen atoms in total. The summed E-state index contributed by atoms with van der Waals surface area (Å²) in [5.74, 6) is 1.03. The first kappa shape index (κ1) is 13.7. The molecule has 0 aliphatic heterocycles. The number of likely N-dealkylation sites (N-methyl/N-ethyl adjacent to an activating group) is 1. The van der Waals surface area contributed by atoms with Gasteiger partial charge in [0, 0.05) is 19.5 Å². The molecule has 19 heavy (non-hydrogen) atoms. The van der Waals surface area contributed by atoms with E-state index >= 15 is 0 Å². The summed E-state index contributed by atoms with van der Waals surface area (Å²) in [7, 11) is 1.94. The van der Waals surface area contributed by atoms with Crippen molar-refractivity contribution in [1.29, 1.82) is 0 Å². The van der Waals surface area contributed by atoms with Crippen LogP contribution < -0.4 is 5.32 Å². The Labute approximate surface area is 114 Å². The second kappa shape index (κ2) is 6.48. The van der Waals surface area contributed by atoms with Gasteiger partial charge in [-0.05, 0) is 25.5 Å². The molecule has 1 aromatic heterocycles. The van der Waals surface area contributed by atoms with Gasteiger partial charge in [-0.2, -0.15) is 5.10 Å². The Kier molecular flexibility index (Phi) is 4.68. The third kappa shape index (κ3) is 3.89. The van der Waals surface area contributed by atoms with Gasteiger partial charge >= 0.3 is 0 Å². The average Bonchev–Trinajstić information content (AvgIpc) is 2.75. The SMILES string of the molecule is CCNC(Cc1cccc(C)c1)Cc1ncnn1C. The zero-order valence-electron chi connectivity index (χ0n) is 11.9. The van der Waals surface area contributed by atoms with Gasteiger partial charge in [0.05, 0.1) is 0 Å². The fourth-order valence-corrected chi connectivity index (χ4v) is 2.35.